The summed E-state index contributed by atoms with van der Waals surface area (Å²) in [6, 6.07) is 9.06. The predicted molar refractivity (Wildman–Crippen MR) is 76.3 cm³/mol. The summed E-state index contributed by atoms with van der Waals surface area (Å²) in [6.45, 7) is 6.75. The lowest BCUT2D eigenvalue weighted by Gasteiger charge is -2.13. The van der Waals surface area contributed by atoms with E-state index in [1.54, 1.807) is 0 Å². The van der Waals surface area contributed by atoms with Crippen LogP contribution in [0.1, 0.15) is 44.7 Å². The van der Waals surface area contributed by atoms with Crippen LogP contribution in [0.3, 0.4) is 0 Å². The highest BCUT2D eigenvalue weighted by Gasteiger charge is 2.08. The molecule has 0 radical (unpaired) electrons. The van der Waals surface area contributed by atoms with E-state index in [1.165, 1.54) is 30.4 Å². The van der Waals surface area contributed by atoms with E-state index in [1.807, 2.05) is 0 Å². The van der Waals surface area contributed by atoms with Gasteiger partial charge in [0.15, 0.2) is 0 Å². The first-order valence-corrected chi connectivity index (χ1v) is 7.27. The van der Waals surface area contributed by atoms with Gasteiger partial charge < -0.3 is 0 Å². The Morgan fingerprint density at radius 1 is 1.06 bits per heavy atom. The molecule has 1 unspecified atom stereocenters. The van der Waals surface area contributed by atoms with Crippen molar-refractivity contribution in [1.29, 1.82) is 0 Å². The second-order valence-electron chi connectivity index (χ2n) is 4.82. The summed E-state index contributed by atoms with van der Waals surface area (Å²) in [5.74, 6) is 0.738. The molecule has 1 aromatic carbocycles. The molecule has 0 aliphatic heterocycles. The molecular formula is C15H23Br. The van der Waals surface area contributed by atoms with Crippen molar-refractivity contribution in [2.45, 2.75) is 51.3 Å². The molecule has 0 aliphatic rings. The maximum atomic E-state index is 3.74. The van der Waals surface area contributed by atoms with E-state index in [-0.39, 0.29) is 0 Å². The third-order valence-corrected chi connectivity index (χ3v) is 4.62. The lowest BCUT2D eigenvalue weighted by Crippen LogP contribution is -2.07. The van der Waals surface area contributed by atoms with E-state index < -0.39 is 0 Å². The number of aryl methyl sites for hydroxylation is 2. The zero-order chi connectivity index (χ0) is 12.0. The Hall–Kier alpha value is -0.300. The first-order chi connectivity index (χ1) is 7.63. The van der Waals surface area contributed by atoms with Gasteiger partial charge in [0, 0.05) is 4.83 Å². The van der Waals surface area contributed by atoms with Crippen LogP contribution < -0.4 is 0 Å². The maximum absolute atomic E-state index is 3.74. The van der Waals surface area contributed by atoms with Crippen LogP contribution in [0.5, 0.6) is 0 Å². The maximum Gasteiger partial charge on any atom is 0.0168 e. The summed E-state index contributed by atoms with van der Waals surface area (Å²) in [4.78, 5) is 0.669. The van der Waals surface area contributed by atoms with E-state index in [0.29, 0.717) is 4.83 Å². The minimum atomic E-state index is 0.669. The molecule has 16 heavy (non-hydrogen) atoms. The molecule has 0 amide bonds. The van der Waals surface area contributed by atoms with E-state index in [4.69, 9.17) is 0 Å². The number of benzene rings is 1. The first-order valence-electron chi connectivity index (χ1n) is 6.35. The van der Waals surface area contributed by atoms with E-state index in [9.17, 15) is 0 Å². The fourth-order valence-electron chi connectivity index (χ4n) is 1.78. The van der Waals surface area contributed by atoms with Gasteiger partial charge in [0.1, 0.15) is 0 Å². The topological polar surface area (TPSA) is 0 Å². The number of alkyl halides is 1. The first kappa shape index (κ1) is 13.8. The molecule has 1 heteroatoms. The van der Waals surface area contributed by atoms with Crippen LogP contribution in [-0.4, -0.2) is 4.83 Å². The minimum Gasteiger partial charge on any atom is -0.0888 e. The Morgan fingerprint density at radius 2 is 1.62 bits per heavy atom. The van der Waals surface area contributed by atoms with Crippen molar-refractivity contribution in [3.8, 4) is 0 Å². The van der Waals surface area contributed by atoms with Crippen molar-refractivity contribution in [1.82, 2.24) is 0 Å². The molecule has 0 bridgehead atoms. The molecule has 0 nitrogen and oxygen atoms in total. The Morgan fingerprint density at radius 3 is 2.12 bits per heavy atom. The fraction of sp³-hybridized carbons (Fsp3) is 0.600. The van der Waals surface area contributed by atoms with Crippen LogP contribution >= 0.6 is 15.9 Å². The summed E-state index contributed by atoms with van der Waals surface area (Å²) in [5.41, 5.74) is 2.91. The molecule has 1 atom stereocenters. The minimum absolute atomic E-state index is 0.669. The van der Waals surface area contributed by atoms with E-state index in [2.05, 4.69) is 61.0 Å². The fourth-order valence-corrected chi connectivity index (χ4v) is 2.10. The van der Waals surface area contributed by atoms with Crippen LogP contribution in [0, 0.1) is 5.92 Å². The molecule has 0 spiro atoms. The second kappa shape index (κ2) is 7.11. The number of hydrogen-bond donors (Lipinski definition) is 0. The zero-order valence-corrected chi connectivity index (χ0v) is 12.3. The molecule has 0 saturated heterocycles. The Labute approximate surface area is 109 Å². The predicted octanol–water partition coefficient (Wildman–Crippen LogP) is 4.99. The third kappa shape index (κ3) is 4.69. The average molecular weight is 283 g/mol. The van der Waals surface area contributed by atoms with Gasteiger partial charge in [-0.2, -0.15) is 0 Å². The van der Waals surface area contributed by atoms with E-state index >= 15 is 0 Å². The number of rotatable bonds is 6. The van der Waals surface area contributed by atoms with Crippen molar-refractivity contribution in [2.24, 2.45) is 5.92 Å². The highest BCUT2D eigenvalue weighted by Crippen LogP contribution is 2.19. The van der Waals surface area contributed by atoms with Gasteiger partial charge in [-0.25, -0.2) is 0 Å². The van der Waals surface area contributed by atoms with Crippen molar-refractivity contribution < 1.29 is 0 Å². The normalized spacial score (nSPS) is 13.1. The van der Waals surface area contributed by atoms with Gasteiger partial charge in [-0.1, -0.05) is 61.0 Å². The number of hydrogen-bond acceptors (Lipinski definition) is 0. The van der Waals surface area contributed by atoms with Gasteiger partial charge in [-0.05, 0) is 42.7 Å². The average Bonchev–Trinajstić information content (AvgIpc) is 2.29. The van der Waals surface area contributed by atoms with Crippen molar-refractivity contribution >= 4 is 15.9 Å². The third-order valence-electron chi connectivity index (χ3n) is 3.10. The Balaban J connectivity index is 2.31. The van der Waals surface area contributed by atoms with Crippen LogP contribution in [-0.2, 0) is 12.8 Å². The molecule has 0 fully saturated rings. The summed E-state index contributed by atoms with van der Waals surface area (Å²) >= 11 is 3.74. The van der Waals surface area contributed by atoms with E-state index in [0.717, 1.165) is 12.3 Å². The van der Waals surface area contributed by atoms with Gasteiger partial charge >= 0.3 is 0 Å². The highest BCUT2D eigenvalue weighted by atomic mass is 79.9. The summed E-state index contributed by atoms with van der Waals surface area (Å²) in [6.07, 6.45) is 4.89. The van der Waals surface area contributed by atoms with Gasteiger partial charge in [0.05, 0.1) is 0 Å². The summed E-state index contributed by atoms with van der Waals surface area (Å²) < 4.78 is 0. The van der Waals surface area contributed by atoms with Crippen LogP contribution in [0.25, 0.3) is 0 Å². The molecule has 0 N–H and O–H groups in total. The van der Waals surface area contributed by atoms with Gasteiger partial charge in [0.25, 0.3) is 0 Å². The van der Waals surface area contributed by atoms with Gasteiger partial charge in [-0.3, -0.25) is 0 Å². The molecule has 0 aromatic heterocycles. The van der Waals surface area contributed by atoms with Crippen molar-refractivity contribution in [3.05, 3.63) is 35.4 Å². The quantitative estimate of drug-likeness (QED) is 0.645. The zero-order valence-electron chi connectivity index (χ0n) is 10.7. The lowest BCUT2D eigenvalue weighted by molar-refractivity contribution is 0.562. The number of halogens is 1. The largest absolute Gasteiger partial charge is 0.0888 e. The molecule has 0 aliphatic carbocycles. The van der Waals surface area contributed by atoms with Crippen molar-refractivity contribution in [3.63, 3.8) is 0 Å². The van der Waals surface area contributed by atoms with Crippen LogP contribution in [0.4, 0.5) is 0 Å². The monoisotopic (exact) mass is 282 g/mol. The smallest absolute Gasteiger partial charge is 0.0168 e. The second-order valence-corrected chi connectivity index (χ2v) is 6.00. The Bertz CT molecular complexity index is 287. The SMILES string of the molecule is CCc1ccc(CCCC(Br)C(C)C)cc1. The van der Waals surface area contributed by atoms with Gasteiger partial charge in [-0.15, -0.1) is 0 Å². The molecule has 0 heterocycles. The lowest BCUT2D eigenvalue weighted by atomic mass is 10.0. The van der Waals surface area contributed by atoms with Crippen LogP contribution in [0.2, 0.25) is 0 Å². The van der Waals surface area contributed by atoms with Gasteiger partial charge in [0.2, 0.25) is 0 Å². The molecule has 1 rings (SSSR count). The van der Waals surface area contributed by atoms with Crippen molar-refractivity contribution in [2.75, 3.05) is 0 Å². The molecular weight excluding hydrogens is 260 g/mol. The standard InChI is InChI=1S/C15H23Br/c1-4-13-8-10-14(11-9-13)6-5-7-15(16)12(2)3/h8-12,15H,4-7H2,1-3H3. The molecule has 90 valence electrons. The van der Waals surface area contributed by atoms with Crippen LogP contribution in [0.15, 0.2) is 24.3 Å². The Kier molecular flexibility index (Phi) is 6.12. The molecule has 1 aromatic rings. The summed E-state index contributed by atoms with van der Waals surface area (Å²) in [7, 11) is 0. The summed E-state index contributed by atoms with van der Waals surface area (Å²) in [5, 5.41) is 0. The molecule has 0 saturated carbocycles. The highest BCUT2D eigenvalue weighted by molar-refractivity contribution is 9.09.